The Bertz CT molecular complexity index is 645. The summed E-state index contributed by atoms with van der Waals surface area (Å²) in [6.07, 6.45) is 4.04. The van der Waals surface area contributed by atoms with E-state index in [0.29, 0.717) is 19.0 Å². The van der Waals surface area contributed by atoms with Crippen LogP contribution < -0.4 is 10.6 Å². The summed E-state index contributed by atoms with van der Waals surface area (Å²) in [5.41, 5.74) is 1.03. The number of aliphatic imine (C=N–C) groups is 1. The third-order valence-corrected chi connectivity index (χ3v) is 4.73. The largest absolute Gasteiger partial charge is 0.359 e. The first-order chi connectivity index (χ1) is 11.7. The smallest absolute Gasteiger partial charge is 0.191 e. The highest BCUT2D eigenvalue weighted by molar-refractivity contribution is 7.11. The number of nitrogens with zero attached hydrogens (tertiary/aromatic N) is 3. The lowest BCUT2D eigenvalue weighted by atomic mass is 9.99. The molecule has 0 fully saturated rings. The van der Waals surface area contributed by atoms with Crippen molar-refractivity contribution in [3.63, 3.8) is 0 Å². The van der Waals surface area contributed by atoms with Crippen molar-refractivity contribution in [1.29, 1.82) is 0 Å². The molecule has 2 aromatic heterocycles. The van der Waals surface area contributed by atoms with Crippen LogP contribution in [0.4, 0.5) is 0 Å². The van der Waals surface area contributed by atoms with Gasteiger partial charge in [-0.3, -0.25) is 0 Å². The Balaban J connectivity index is 1.95. The topological polar surface area (TPSA) is 75.3 Å². The molecule has 0 aromatic carbocycles. The van der Waals surface area contributed by atoms with E-state index in [4.69, 9.17) is 4.52 Å². The molecule has 7 heteroatoms. The Kier molecular flexibility index (Phi) is 7.24. The average molecular weight is 350 g/mol. The molecule has 0 aliphatic rings. The third kappa shape index (κ3) is 5.33. The molecule has 24 heavy (non-hydrogen) atoms. The lowest BCUT2D eigenvalue weighted by Gasteiger charge is -2.09. The number of hydrogen-bond acceptors (Lipinski definition) is 5. The minimum Gasteiger partial charge on any atom is -0.359 e. The van der Waals surface area contributed by atoms with Gasteiger partial charge in [-0.05, 0) is 26.7 Å². The van der Waals surface area contributed by atoms with Crippen LogP contribution in [0.3, 0.4) is 0 Å². The van der Waals surface area contributed by atoms with Gasteiger partial charge >= 0.3 is 0 Å². The van der Waals surface area contributed by atoms with E-state index in [1.165, 1.54) is 4.88 Å². The maximum atomic E-state index is 5.42. The quantitative estimate of drug-likeness (QED) is 0.562. The first kappa shape index (κ1) is 18.4. The van der Waals surface area contributed by atoms with Gasteiger partial charge in [0.25, 0.3) is 0 Å². The molecule has 2 aromatic rings. The number of rotatable bonds is 8. The predicted molar refractivity (Wildman–Crippen MR) is 98.3 cm³/mol. The van der Waals surface area contributed by atoms with Gasteiger partial charge in [0.1, 0.15) is 6.54 Å². The highest BCUT2D eigenvalue weighted by atomic mass is 32.1. The summed E-state index contributed by atoms with van der Waals surface area (Å²) in [7, 11) is 0. The van der Waals surface area contributed by atoms with Crippen LogP contribution in [0.5, 0.6) is 0 Å². The van der Waals surface area contributed by atoms with Crippen molar-refractivity contribution in [3.05, 3.63) is 33.6 Å². The summed E-state index contributed by atoms with van der Waals surface area (Å²) >= 11 is 1.69. The number of hydrogen-bond donors (Lipinski definition) is 2. The summed E-state index contributed by atoms with van der Waals surface area (Å²) in [5, 5.41) is 11.8. The molecule has 2 heterocycles. The van der Waals surface area contributed by atoms with Crippen molar-refractivity contribution < 1.29 is 4.52 Å². The van der Waals surface area contributed by atoms with Crippen LogP contribution in [-0.2, 0) is 13.1 Å². The highest BCUT2D eigenvalue weighted by Crippen LogP contribution is 2.22. The van der Waals surface area contributed by atoms with Crippen LogP contribution in [0.1, 0.15) is 60.9 Å². The number of aryl methyl sites for hydroxylation is 1. The van der Waals surface area contributed by atoms with Crippen LogP contribution in [0, 0.1) is 6.92 Å². The molecule has 6 nitrogen and oxygen atoms in total. The van der Waals surface area contributed by atoms with Crippen LogP contribution in [0.15, 0.2) is 21.8 Å². The van der Waals surface area contributed by atoms with Gasteiger partial charge in [-0.15, -0.1) is 11.3 Å². The van der Waals surface area contributed by atoms with E-state index in [-0.39, 0.29) is 0 Å². The maximum Gasteiger partial charge on any atom is 0.191 e. The zero-order valence-corrected chi connectivity index (χ0v) is 15.7. The van der Waals surface area contributed by atoms with Gasteiger partial charge in [0, 0.05) is 29.6 Å². The summed E-state index contributed by atoms with van der Waals surface area (Å²) in [4.78, 5) is 10.0. The molecule has 0 spiro atoms. The molecular weight excluding hydrogens is 322 g/mol. The van der Waals surface area contributed by atoms with E-state index in [9.17, 15) is 0 Å². The molecular formula is C17H27N5OS. The van der Waals surface area contributed by atoms with E-state index in [2.05, 4.69) is 39.6 Å². The Labute approximate surface area is 147 Å². The van der Waals surface area contributed by atoms with E-state index in [1.54, 1.807) is 11.3 Å². The van der Waals surface area contributed by atoms with Crippen molar-refractivity contribution in [1.82, 2.24) is 20.8 Å². The standard InChI is InChI=1S/C17H27N5OS/c1-5-13(6-2)16-8-14(23-22-16)9-20-17(18-7-3)21-11-15-10-19-12(4)24-15/h8,10,13H,5-7,9,11H2,1-4H3,(H2,18,20,21). The first-order valence-electron chi connectivity index (χ1n) is 8.55. The molecule has 0 saturated carbocycles. The molecule has 0 aliphatic carbocycles. The van der Waals surface area contributed by atoms with E-state index in [1.807, 2.05) is 26.1 Å². The molecule has 2 N–H and O–H groups in total. The lowest BCUT2D eigenvalue weighted by Crippen LogP contribution is -2.36. The van der Waals surface area contributed by atoms with Crippen LogP contribution >= 0.6 is 11.3 Å². The van der Waals surface area contributed by atoms with Crippen molar-refractivity contribution in [2.24, 2.45) is 4.99 Å². The minimum absolute atomic E-state index is 0.465. The summed E-state index contributed by atoms with van der Waals surface area (Å²) in [6.45, 7) is 10.4. The number of guanidine groups is 1. The Hall–Kier alpha value is -1.89. The molecule has 0 amide bonds. The van der Waals surface area contributed by atoms with Gasteiger partial charge < -0.3 is 15.2 Å². The SMILES string of the molecule is CCNC(=NCc1cc(C(CC)CC)no1)NCc1cnc(C)s1. The number of aromatic nitrogens is 2. The van der Waals surface area contributed by atoms with Crippen LogP contribution in [-0.4, -0.2) is 22.6 Å². The highest BCUT2D eigenvalue weighted by Gasteiger charge is 2.12. The Morgan fingerprint density at radius 1 is 1.29 bits per heavy atom. The fourth-order valence-corrected chi connectivity index (χ4v) is 3.19. The summed E-state index contributed by atoms with van der Waals surface area (Å²) in [5.74, 6) is 2.03. The molecule has 132 valence electrons. The zero-order valence-electron chi connectivity index (χ0n) is 14.9. The molecule has 0 saturated heterocycles. The molecule has 0 unspecified atom stereocenters. The maximum absolute atomic E-state index is 5.42. The van der Waals surface area contributed by atoms with Gasteiger partial charge in [0.2, 0.25) is 0 Å². The van der Waals surface area contributed by atoms with E-state index >= 15 is 0 Å². The van der Waals surface area contributed by atoms with Crippen LogP contribution in [0.2, 0.25) is 0 Å². The fourth-order valence-electron chi connectivity index (χ4n) is 2.46. The molecule has 0 radical (unpaired) electrons. The van der Waals surface area contributed by atoms with Crippen LogP contribution in [0.25, 0.3) is 0 Å². The summed E-state index contributed by atoms with van der Waals surface area (Å²) in [6, 6.07) is 2.03. The predicted octanol–water partition coefficient (Wildman–Crippen LogP) is 3.60. The fraction of sp³-hybridized carbons (Fsp3) is 0.588. The lowest BCUT2D eigenvalue weighted by molar-refractivity contribution is 0.372. The minimum atomic E-state index is 0.465. The van der Waals surface area contributed by atoms with Crippen molar-refractivity contribution in [2.75, 3.05) is 6.54 Å². The second-order valence-corrected chi connectivity index (χ2v) is 6.95. The zero-order chi connectivity index (χ0) is 17.4. The third-order valence-electron chi connectivity index (χ3n) is 3.82. The van der Waals surface area contributed by atoms with Gasteiger partial charge in [-0.25, -0.2) is 9.98 Å². The molecule has 0 atom stereocenters. The van der Waals surface area contributed by atoms with Gasteiger partial charge in [-0.2, -0.15) is 0 Å². The van der Waals surface area contributed by atoms with Crippen molar-refractivity contribution >= 4 is 17.3 Å². The number of thiazole rings is 1. The normalized spacial score (nSPS) is 12.0. The Morgan fingerprint density at radius 2 is 2.08 bits per heavy atom. The van der Waals surface area contributed by atoms with E-state index in [0.717, 1.165) is 41.8 Å². The second kappa shape index (κ2) is 9.42. The summed E-state index contributed by atoms with van der Waals surface area (Å²) < 4.78 is 5.42. The second-order valence-electron chi connectivity index (χ2n) is 5.63. The van der Waals surface area contributed by atoms with Gasteiger partial charge in [0.15, 0.2) is 11.7 Å². The Morgan fingerprint density at radius 3 is 2.71 bits per heavy atom. The first-order valence-corrected chi connectivity index (χ1v) is 9.36. The van der Waals surface area contributed by atoms with Crippen molar-refractivity contribution in [3.8, 4) is 0 Å². The molecule has 2 rings (SSSR count). The van der Waals surface area contributed by atoms with Gasteiger partial charge in [-0.1, -0.05) is 19.0 Å². The van der Waals surface area contributed by atoms with Gasteiger partial charge in [0.05, 0.1) is 17.2 Å². The molecule has 0 bridgehead atoms. The average Bonchev–Trinajstić information content (AvgIpc) is 3.21. The monoisotopic (exact) mass is 349 g/mol. The van der Waals surface area contributed by atoms with Crippen molar-refractivity contribution in [2.45, 2.75) is 59.5 Å². The number of nitrogens with one attached hydrogen (secondary N) is 2. The molecule has 0 aliphatic heterocycles. The van der Waals surface area contributed by atoms with E-state index < -0.39 is 0 Å².